The zero-order valence-corrected chi connectivity index (χ0v) is 17.3. The molecule has 3 rings (SSSR count). The number of piperidine rings is 1. The summed E-state index contributed by atoms with van der Waals surface area (Å²) in [5.41, 5.74) is -0.566. The van der Waals surface area contributed by atoms with Gasteiger partial charge in [-0.15, -0.1) is 0 Å². The number of alkyl halides is 3. The Labute approximate surface area is 179 Å². The summed E-state index contributed by atoms with van der Waals surface area (Å²) >= 11 is 0. The third kappa shape index (κ3) is 5.87. The summed E-state index contributed by atoms with van der Waals surface area (Å²) in [6, 6.07) is 12.8. The van der Waals surface area contributed by atoms with Crippen LogP contribution in [0.4, 0.5) is 13.2 Å². The molecule has 5 nitrogen and oxygen atoms in total. The molecule has 2 aromatic rings. The van der Waals surface area contributed by atoms with Gasteiger partial charge < -0.3 is 5.32 Å². The first kappa shape index (κ1) is 22.8. The zero-order valence-electron chi connectivity index (χ0n) is 16.5. The zero-order chi connectivity index (χ0) is 22.5. The molecule has 9 heteroatoms. The second kappa shape index (κ2) is 9.54. The summed E-state index contributed by atoms with van der Waals surface area (Å²) in [6.45, 7) is 0.480. The second-order valence-corrected chi connectivity index (χ2v) is 9.03. The normalized spacial score (nSPS) is 15.7. The quantitative estimate of drug-likeness (QED) is 0.728. The lowest BCUT2D eigenvalue weighted by molar-refractivity contribution is -0.137. The lowest BCUT2D eigenvalue weighted by Gasteiger charge is -2.30. The third-order valence-corrected chi connectivity index (χ3v) is 6.89. The van der Waals surface area contributed by atoms with Crippen molar-refractivity contribution in [1.82, 2.24) is 9.62 Å². The van der Waals surface area contributed by atoms with E-state index in [1.54, 1.807) is 18.2 Å². The third-order valence-electron chi connectivity index (χ3n) is 4.98. The van der Waals surface area contributed by atoms with Crippen LogP contribution in [0.1, 0.15) is 24.0 Å². The van der Waals surface area contributed by atoms with E-state index in [2.05, 4.69) is 17.2 Å². The molecule has 1 saturated heterocycles. The summed E-state index contributed by atoms with van der Waals surface area (Å²) in [7, 11) is -3.58. The number of nitrogens with zero attached hydrogens (tertiary/aromatic N) is 1. The number of amides is 1. The number of carbonyl (C=O) groups excluding carboxylic acids is 1. The van der Waals surface area contributed by atoms with Gasteiger partial charge in [0.05, 0.1) is 17.0 Å². The second-order valence-electron chi connectivity index (χ2n) is 7.09. The highest BCUT2D eigenvalue weighted by atomic mass is 32.2. The maximum Gasteiger partial charge on any atom is 0.416 e. The molecule has 0 spiro atoms. The topological polar surface area (TPSA) is 66.5 Å². The van der Waals surface area contributed by atoms with E-state index in [0.717, 1.165) is 12.1 Å². The van der Waals surface area contributed by atoms with Gasteiger partial charge in [-0.25, -0.2) is 8.42 Å². The fraction of sp³-hybridized carbons (Fsp3) is 0.318. The molecule has 0 aromatic heterocycles. The van der Waals surface area contributed by atoms with Gasteiger partial charge in [0, 0.05) is 24.6 Å². The SMILES string of the molecule is O=C(NCC#Cc1cccc(C(F)(F)F)c1)C1CCN(S(=O)(=O)c2ccccc2)CC1. The Kier molecular flexibility index (Phi) is 7.03. The summed E-state index contributed by atoms with van der Waals surface area (Å²) in [6.07, 6.45) is -3.66. The van der Waals surface area contributed by atoms with Gasteiger partial charge in [0.15, 0.2) is 0 Å². The van der Waals surface area contributed by atoms with Crippen molar-refractivity contribution in [2.45, 2.75) is 23.9 Å². The van der Waals surface area contributed by atoms with Crippen LogP contribution in [0.15, 0.2) is 59.5 Å². The van der Waals surface area contributed by atoms with Gasteiger partial charge in [0.1, 0.15) is 0 Å². The monoisotopic (exact) mass is 450 g/mol. The van der Waals surface area contributed by atoms with Crippen molar-refractivity contribution in [1.29, 1.82) is 0 Å². The molecule has 2 aromatic carbocycles. The highest BCUT2D eigenvalue weighted by Gasteiger charge is 2.32. The van der Waals surface area contributed by atoms with E-state index >= 15 is 0 Å². The molecule has 31 heavy (non-hydrogen) atoms. The van der Waals surface area contributed by atoms with Crippen LogP contribution < -0.4 is 5.32 Å². The van der Waals surface area contributed by atoms with Crippen LogP contribution in [0, 0.1) is 17.8 Å². The molecule has 0 bridgehead atoms. The predicted octanol–water partition coefficient (Wildman–Crippen LogP) is 3.27. The summed E-state index contributed by atoms with van der Waals surface area (Å²) in [4.78, 5) is 12.6. The van der Waals surface area contributed by atoms with Gasteiger partial charge in [0.2, 0.25) is 15.9 Å². The Morgan fingerprint density at radius 2 is 1.74 bits per heavy atom. The molecule has 1 N–H and O–H groups in total. The molecule has 0 saturated carbocycles. The Balaban J connectivity index is 1.50. The summed E-state index contributed by atoms with van der Waals surface area (Å²) in [5, 5.41) is 2.65. The smallest absolute Gasteiger partial charge is 0.345 e. The van der Waals surface area contributed by atoms with Crippen LogP contribution in [0.2, 0.25) is 0 Å². The van der Waals surface area contributed by atoms with Crippen LogP contribution in [-0.2, 0) is 21.0 Å². The number of carbonyl (C=O) groups is 1. The highest BCUT2D eigenvalue weighted by Crippen LogP contribution is 2.29. The van der Waals surface area contributed by atoms with Crippen molar-refractivity contribution in [3.05, 3.63) is 65.7 Å². The predicted molar refractivity (Wildman–Crippen MR) is 109 cm³/mol. The van der Waals surface area contributed by atoms with Crippen molar-refractivity contribution in [2.75, 3.05) is 19.6 Å². The first-order chi connectivity index (χ1) is 14.7. The first-order valence-corrected chi connectivity index (χ1v) is 11.1. The number of nitrogens with one attached hydrogen (secondary N) is 1. The van der Waals surface area contributed by atoms with E-state index in [-0.39, 0.29) is 41.9 Å². The lowest BCUT2D eigenvalue weighted by Crippen LogP contribution is -2.43. The number of rotatable bonds is 4. The average Bonchev–Trinajstić information content (AvgIpc) is 2.77. The number of sulfonamides is 1. The lowest BCUT2D eigenvalue weighted by atomic mass is 9.97. The van der Waals surface area contributed by atoms with E-state index in [4.69, 9.17) is 0 Å². The maximum absolute atomic E-state index is 12.7. The Morgan fingerprint density at radius 3 is 2.39 bits per heavy atom. The van der Waals surface area contributed by atoms with E-state index in [1.165, 1.54) is 28.6 Å². The van der Waals surface area contributed by atoms with Crippen LogP contribution in [0.5, 0.6) is 0 Å². The fourth-order valence-corrected chi connectivity index (χ4v) is 4.79. The minimum atomic E-state index is -4.44. The molecule has 0 unspecified atom stereocenters. The van der Waals surface area contributed by atoms with E-state index < -0.39 is 21.8 Å². The van der Waals surface area contributed by atoms with Crippen LogP contribution in [-0.4, -0.2) is 38.3 Å². The molecule has 0 radical (unpaired) electrons. The number of halogens is 3. The molecule has 164 valence electrons. The molecule has 1 heterocycles. The van der Waals surface area contributed by atoms with Crippen molar-refractivity contribution in [3.8, 4) is 11.8 Å². The maximum atomic E-state index is 12.7. The van der Waals surface area contributed by atoms with E-state index in [0.29, 0.717) is 12.8 Å². The minimum absolute atomic E-state index is 0.00237. The van der Waals surface area contributed by atoms with Crippen LogP contribution in [0.3, 0.4) is 0 Å². The molecule has 1 fully saturated rings. The van der Waals surface area contributed by atoms with Crippen LogP contribution in [0.25, 0.3) is 0 Å². The fourth-order valence-electron chi connectivity index (χ4n) is 3.30. The van der Waals surface area contributed by atoms with Gasteiger partial charge in [-0.3, -0.25) is 4.79 Å². The van der Waals surface area contributed by atoms with Gasteiger partial charge >= 0.3 is 6.18 Å². The van der Waals surface area contributed by atoms with Crippen molar-refractivity contribution in [2.24, 2.45) is 5.92 Å². The average molecular weight is 450 g/mol. The van der Waals surface area contributed by atoms with Crippen molar-refractivity contribution < 1.29 is 26.4 Å². The molecular weight excluding hydrogens is 429 g/mol. The van der Waals surface area contributed by atoms with Gasteiger partial charge in [-0.1, -0.05) is 36.1 Å². The van der Waals surface area contributed by atoms with E-state index in [1.807, 2.05) is 0 Å². The largest absolute Gasteiger partial charge is 0.416 e. The van der Waals surface area contributed by atoms with Crippen molar-refractivity contribution in [3.63, 3.8) is 0 Å². The van der Waals surface area contributed by atoms with Gasteiger partial charge in [0.25, 0.3) is 0 Å². The molecule has 1 aliphatic rings. The highest BCUT2D eigenvalue weighted by molar-refractivity contribution is 7.89. The Hall–Kier alpha value is -2.83. The number of hydrogen-bond acceptors (Lipinski definition) is 3. The number of benzene rings is 2. The molecule has 1 amide bonds. The minimum Gasteiger partial charge on any atom is -0.345 e. The molecule has 0 atom stereocenters. The molecule has 0 aliphatic carbocycles. The Morgan fingerprint density at radius 1 is 1.06 bits per heavy atom. The standard InChI is InChI=1S/C22H21F3N2O3S/c23-22(24,25)19-8-4-6-17(16-19)7-5-13-26-21(28)18-11-14-27(15-12-18)31(29,30)20-9-2-1-3-10-20/h1-4,6,8-10,16,18H,11-15H2,(H,26,28). The summed E-state index contributed by atoms with van der Waals surface area (Å²) in [5.74, 6) is 4.68. The Bertz CT molecular complexity index is 1080. The molecule has 1 aliphatic heterocycles. The molecular formula is C22H21F3N2O3S. The first-order valence-electron chi connectivity index (χ1n) is 9.67. The summed E-state index contributed by atoms with van der Waals surface area (Å²) < 4.78 is 64.8. The number of hydrogen-bond donors (Lipinski definition) is 1. The van der Waals surface area contributed by atoms with E-state index in [9.17, 15) is 26.4 Å². The van der Waals surface area contributed by atoms with Crippen LogP contribution >= 0.6 is 0 Å². The van der Waals surface area contributed by atoms with Gasteiger partial charge in [-0.05, 0) is 43.2 Å². The van der Waals surface area contributed by atoms with Gasteiger partial charge in [-0.2, -0.15) is 17.5 Å². The van der Waals surface area contributed by atoms with Crippen molar-refractivity contribution >= 4 is 15.9 Å².